The maximum atomic E-state index is 11.0. The number of carbonyl (C=O) groups excluding carboxylic acids is 1. The van der Waals surface area contributed by atoms with Gasteiger partial charge in [0.05, 0.1) is 0 Å². The molecule has 0 heterocycles. The highest BCUT2D eigenvalue weighted by Crippen LogP contribution is 2.02. The molecule has 0 aromatic carbocycles. The zero-order valence-electron chi connectivity index (χ0n) is 11.1. The first-order valence-electron chi connectivity index (χ1n) is 6.27. The van der Waals surface area contributed by atoms with Crippen molar-refractivity contribution in [1.82, 2.24) is 10.2 Å². The molecule has 5 heteroatoms. The van der Waals surface area contributed by atoms with Crippen LogP contribution in [0.4, 0.5) is 0 Å². The summed E-state index contributed by atoms with van der Waals surface area (Å²) >= 11 is 0. The molecule has 0 fully saturated rings. The lowest BCUT2D eigenvalue weighted by molar-refractivity contribution is -0.114. The van der Waals surface area contributed by atoms with Crippen LogP contribution in [0.5, 0.6) is 0 Å². The summed E-state index contributed by atoms with van der Waals surface area (Å²) in [6, 6.07) is 0.285. The number of amides is 1. The Bertz CT molecular complexity index is 232. The first-order valence-corrected chi connectivity index (χ1v) is 6.27. The van der Waals surface area contributed by atoms with Crippen LogP contribution in [-0.4, -0.2) is 48.4 Å². The van der Waals surface area contributed by atoms with E-state index >= 15 is 0 Å². The standard InChI is InChI=1S/C12H25N3O2/c1-4-5-6-7-8-15(3)11(2)9-13-12(16)10-14-17/h10-11,17H,4-9H2,1-3H3,(H,13,16)/b14-10+. The average molecular weight is 243 g/mol. The summed E-state index contributed by atoms with van der Waals surface area (Å²) in [7, 11) is 2.06. The molecule has 0 aliphatic heterocycles. The third-order valence-corrected chi connectivity index (χ3v) is 2.86. The van der Waals surface area contributed by atoms with Gasteiger partial charge in [0, 0.05) is 12.6 Å². The molecule has 1 amide bonds. The van der Waals surface area contributed by atoms with E-state index in [9.17, 15) is 4.79 Å². The Morgan fingerprint density at radius 3 is 2.76 bits per heavy atom. The van der Waals surface area contributed by atoms with Crippen LogP contribution in [-0.2, 0) is 4.79 Å². The van der Waals surface area contributed by atoms with Gasteiger partial charge in [-0.05, 0) is 26.9 Å². The van der Waals surface area contributed by atoms with Crippen molar-refractivity contribution in [2.75, 3.05) is 20.1 Å². The Kier molecular flexibility index (Phi) is 9.43. The van der Waals surface area contributed by atoms with E-state index in [1.54, 1.807) is 0 Å². The third-order valence-electron chi connectivity index (χ3n) is 2.86. The number of unbranched alkanes of at least 4 members (excludes halogenated alkanes) is 3. The van der Waals surface area contributed by atoms with Gasteiger partial charge in [-0.1, -0.05) is 31.3 Å². The van der Waals surface area contributed by atoms with Crippen molar-refractivity contribution in [2.45, 2.75) is 45.6 Å². The molecule has 0 aromatic rings. The summed E-state index contributed by atoms with van der Waals surface area (Å²) in [5, 5.41) is 13.5. The smallest absolute Gasteiger partial charge is 0.265 e. The fourth-order valence-electron chi connectivity index (χ4n) is 1.51. The van der Waals surface area contributed by atoms with Crippen LogP contribution in [0.1, 0.15) is 39.5 Å². The van der Waals surface area contributed by atoms with Gasteiger partial charge in [0.1, 0.15) is 6.21 Å². The Balaban J connectivity index is 3.66. The van der Waals surface area contributed by atoms with Crippen molar-refractivity contribution >= 4 is 12.1 Å². The first-order chi connectivity index (χ1) is 8.11. The monoisotopic (exact) mass is 243 g/mol. The van der Waals surface area contributed by atoms with Gasteiger partial charge in [0.25, 0.3) is 5.91 Å². The molecule has 0 spiro atoms. The molecule has 0 rings (SSSR count). The molecule has 0 aliphatic carbocycles. The summed E-state index contributed by atoms with van der Waals surface area (Å²) in [6.45, 7) is 5.88. The van der Waals surface area contributed by atoms with Crippen molar-refractivity contribution in [2.24, 2.45) is 5.16 Å². The van der Waals surface area contributed by atoms with Gasteiger partial charge in [-0.15, -0.1) is 0 Å². The zero-order chi connectivity index (χ0) is 13.1. The minimum absolute atomic E-state index is 0.285. The van der Waals surface area contributed by atoms with Crippen molar-refractivity contribution in [1.29, 1.82) is 0 Å². The second kappa shape index (κ2) is 10.1. The van der Waals surface area contributed by atoms with Gasteiger partial charge >= 0.3 is 0 Å². The predicted octanol–water partition coefficient (Wildman–Crippen LogP) is 1.46. The summed E-state index contributed by atoms with van der Waals surface area (Å²) in [5.41, 5.74) is 0. The molecule has 0 aliphatic rings. The van der Waals surface area contributed by atoms with Crippen molar-refractivity contribution in [3.05, 3.63) is 0 Å². The third kappa shape index (κ3) is 8.68. The molecule has 0 saturated heterocycles. The van der Waals surface area contributed by atoms with Crippen LogP contribution in [0.2, 0.25) is 0 Å². The highest BCUT2D eigenvalue weighted by Gasteiger charge is 2.09. The largest absolute Gasteiger partial charge is 0.411 e. The van der Waals surface area contributed by atoms with Crippen LogP contribution in [0.15, 0.2) is 5.16 Å². The van der Waals surface area contributed by atoms with E-state index in [1.165, 1.54) is 25.7 Å². The van der Waals surface area contributed by atoms with Crippen molar-refractivity contribution in [3.63, 3.8) is 0 Å². The summed E-state index contributed by atoms with van der Waals surface area (Å²) < 4.78 is 0. The molecule has 17 heavy (non-hydrogen) atoms. The van der Waals surface area contributed by atoms with E-state index in [0.717, 1.165) is 12.8 Å². The summed E-state index contributed by atoms with van der Waals surface area (Å²) in [5.74, 6) is -0.362. The quantitative estimate of drug-likeness (QED) is 0.279. The maximum Gasteiger partial charge on any atom is 0.265 e. The predicted molar refractivity (Wildman–Crippen MR) is 69.5 cm³/mol. The number of nitrogens with one attached hydrogen (secondary N) is 1. The number of carbonyl (C=O) groups is 1. The lowest BCUT2D eigenvalue weighted by Gasteiger charge is -2.24. The lowest BCUT2D eigenvalue weighted by atomic mass is 10.2. The SMILES string of the molecule is CCCCCCN(C)C(C)CNC(=O)/C=N/O. The fourth-order valence-corrected chi connectivity index (χ4v) is 1.51. The van der Waals surface area contributed by atoms with Crippen LogP contribution < -0.4 is 5.32 Å². The Morgan fingerprint density at radius 1 is 1.47 bits per heavy atom. The first kappa shape index (κ1) is 15.9. The maximum absolute atomic E-state index is 11.0. The molecule has 0 radical (unpaired) electrons. The van der Waals surface area contributed by atoms with Gasteiger partial charge in [-0.25, -0.2) is 0 Å². The van der Waals surface area contributed by atoms with E-state index in [2.05, 4.69) is 36.3 Å². The Hall–Kier alpha value is -1.10. The Labute approximate surface area is 104 Å². The molecule has 100 valence electrons. The number of hydrogen-bond acceptors (Lipinski definition) is 4. The van der Waals surface area contributed by atoms with Crippen molar-refractivity contribution in [3.8, 4) is 0 Å². The number of oxime groups is 1. The van der Waals surface area contributed by atoms with Crippen LogP contribution in [0, 0.1) is 0 Å². The summed E-state index contributed by atoms with van der Waals surface area (Å²) in [6.07, 6.45) is 5.85. The number of rotatable bonds is 9. The topological polar surface area (TPSA) is 64.9 Å². The number of likely N-dealkylation sites (N-methyl/N-ethyl adjacent to an activating group) is 1. The van der Waals surface area contributed by atoms with Crippen molar-refractivity contribution < 1.29 is 10.0 Å². The molecule has 0 aromatic heterocycles. The highest BCUT2D eigenvalue weighted by atomic mass is 16.4. The van der Waals surface area contributed by atoms with E-state index in [-0.39, 0.29) is 11.9 Å². The van der Waals surface area contributed by atoms with E-state index in [4.69, 9.17) is 5.21 Å². The minimum Gasteiger partial charge on any atom is -0.411 e. The van der Waals surface area contributed by atoms with Crippen LogP contribution in [0.3, 0.4) is 0 Å². The van der Waals surface area contributed by atoms with E-state index < -0.39 is 0 Å². The molecular weight excluding hydrogens is 218 g/mol. The second-order valence-corrected chi connectivity index (χ2v) is 4.38. The highest BCUT2D eigenvalue weighted by molar-refractivity contribution is 6.25. The van der Waals surface area contributed by atoms with Gasteiger partial charge in [0.2, 0.25) is 0 Å². The molecule has 5 nitrogen and oxygen atoms in total. The van der Waals surface area contributed by atoms with E-state index in [0.29, 0.717) is 6.54 Å². The average Bonchev–Trinajstić information content (AvgIpc) is 2.31. The second-order valence-electron chi connectivity index (χ2n) is 4.38. The Morgan fingerprint density at radius 2 is 2.18 bits per heavy atom. The van der Waals surface area contributed by atoms with Crippen LogP contribution in [0.25, 0.3) is 0 Å². The molecular formula is C12H25N3O2. The number of hydrogen-bond donors (Lipinski definition) is 2. The van der Waals surface area contributed by atoms with Crippen LogP contribution >= 0.6 is 0 Å². The van der Waals surface area contributed by atoms with E-state index in [1.807, 2.05) is 0 Å². The molecule has 0 saturated carbocycles. The lowest BCUT2D eigenvalue weighted by Crippen LogP contribution is -2.40. The zero-order valence-corrected chi connectivity index (χ0v) is 11.1. The van der Waals surface area contributed by atoms with Gasteiger partial charge in [0.15, 0.2) is 0 Å². The molecule has 2 N–H and O–H groups in total. The van der Waals surface area contributed by atoms with Gasteiger partial charge in [-0.2, -0.15) is 0 Å². The number of nitrogens with zero attached hydrogens (tertiary/aromatic N) is 2. The summed E-state index contributed by atoms with van der Waals surface area (Å²) in [4.78, 5) is 13.3. The normalized spacial score (nSPS) is 13.2. The van der Waals surface area contributed by atoms with Gasteiger partial charge in [-0.3, -0.25) is 4.79 Å². The molecule has 1 unspecified atom stereocenters. The fraction of sp³-hybridized carbons (Fsp3) is 0.833. The molecule has 1 atom stereocenters. The molecule has 0 bridgehead atoms. The minimum atomic E-state index is -0.362. The van der Waals surface area contributed by atoms with Gasteiger partial charge < -0.3 is 15.4 Å².